The molecule has 0 amide bonds. The molecule has 6 aromatic carbocycles. The van der Waals surface area contributed by atoms with E-state index in [0.29, 0.717) is 39.6 Å². The lowest BCUT2D eigenvalue weighted by molar-refractivity contribution is 0.0973. The fourth-order valence-electron chi connectivity index (χ4n) is 8.21. The summed E-state index contributed by atoms with van der Waals surface area (Å²) in [5.41, 5.74) is 6.94. The Morgan fingerprint density at radius 2 is 0.855 bits per heavy atom. The Kier molecular flexibility index (Phi) is 13.5. The molecular formula is C49H54O6. The van der Waals surface area contributed by atoms with Crippen molar-refractivity contribution in [1.29, 1.82) is 0 Å². The standard InChI is InChI=1S/C49H54O6/c50-27-9-1-3-11-29-52-31-33-54-47-21-13-15-37-35-39(23-25-41(37)47)49(45-19-7-5-17-43(45)44-18-6-8-20-46(44)49)40-24-26-42-38(36-40)16-14-22-48(42)55-34-32-53-30-12-4-2-10-28-51/h5-8,13-26,35-36,50-51H,1-4,9-12,27-34H2. The van der Waals surface area contributed by atoms with Crippen LogP contribution < -0.4 is 9.47 Å². The third-order valence-electron chi connectivity index (χ3n) is 10.9. The van der Waals surface area contributed by atoms with Gasteiger partial charge < -0.3 is 29.2 Å². The Morgan fingerprint density at radius 1 is 0.400 bits per heavy atom. The number of benzene rings is 6. The molecule has 0 heterocycles. The number of hydrogen-bond acceptors (Lipinski definition) is 6. The highest BCUT2D eigenvalue weighted by Crippen LogP contribution is 2.56. The highest BCUT2D eigenvalue weighted by Gasteiger charge is 2.46. The predicted molar refractivity (Wildman–Crippen MR) is 222 cm³/mol. The molecular weight excluding hydrogens is 685 g/mol. The Morgan fingerprint density at radius 3 is 1.33 bits per heavy atom. The van der Waals surface area contributed by atoms with Gasteiger partial charge in [0.25, 0.3) is 0 Å². The van der Waals surface area contributed by atoms with Gasteiger partial charge in [-0.3, -0.25) is 0 Å². The second-order valence-electron chi connectivity index (χ2n) is 14.4. The number of aliphatic hydroxyl groups excluding tert-OH is 2. The average Bonchev–Trinajstić information content (AvgIpc) is 3.53. The summed E-state index contributed by atoms with van der Waals surface area (Å²) in [7, 11) is 0. The van der Waals surface area contributed by atoms with Gasteiger partial charge in [-0.1, -0.05) is 123 Å². The van der Waals surface area contributed by atoms with Gasteiger partial charge in [-0.15, -0.1) is 0 Å². The Balaban J connectivity index is 1.17. The smallest absolute Gasteiger partial charge is 0.127 e. The van der Waals surface area contributed by atoms with E-state index in [1.54, 1.807) is 0 Å². The van der Waals surface area contributed by atoms with Crippen LogP contribution in [0.5, 0.6) is 11.5 Å². The topological polar surface area (TPSA) is 77.4 Å². The Labute approximate surface area is 325 Å². The first-order valence-electron chi connectivity index (χ1n) is 20.1. The van der Waals surface area contributed by atoms with E-state index in [9.17, 15) is 0 Å². The fraction of sp³-hybridized carbons (Fsp3) is 0.347. The van der Waals surface area contributed by atoms with E-state index in [1.807, 2.05) is 12.1 Å². The molecule has 0 radical (unpaired) electrons. The molecule has 0 unspecified atom stereocenters. The molecule has 0 fully saturated rings. The largest absolute Gasteiger partial charge is 0.491 e. The van der Waals surface area contributed by atoms with Crippen LogP contribution >= 0.6 is 0 Å². The molecule has 0 spiro atoms. The molecule has 2 N–H and O–H groups in total. The van der Waals surface area contributed by atoms with Crippen molar-refractivity contribution < 1.29 is 29.2 Å². The van der Waals surface area contributed by atoms with Crippen molar-refractivity contribution in [2.24, 2.45) is 0 Å². The van der Waals surface area contributed by atoms with Crippen LogP contribution in [0.4, 0.5) is 0 Å². The van der Waals surface area contributed by atoms with Gasteiger partial charge >= 0.3 is 0 Å². The molecule has 55 heavy (non-hydrogen) atoms. The van der Waals surface area contributed by atoms with Crippen molar-refractivity contribution in [3.8, 4) is 22.6 Å². The number of hydrogen-bond donors (Lipinski definition) is 2. The predicted octanol–water partition coefficient (Wildman–Crippen LogP) is 10.3. The molecule has 1 aliphatic carbocycles. The molecule has 0 saturated carbocycles. The molecule has 0 saturated heterocycles. The van der Waals surface area contributed by atoms with Crippen molar-refractivity contribution in [2.45, 2.75) is 56.8 Å². The van der Waals surface area contributed by atoms with Crippen LogP contribution in [0.3, 0.4) is 0 Å². The summed E-state index contributed by atoms with van der Waals surface area (Å²) in [4.78, 5) is 0. The van der Waals surface area contributed by atoms with E-state index in [-0.39, 0.29) is 13.2 Å². The minimum atomic E-state index is -0.542. The molecule has 286 valence electrons. The van der Waals surface area contributed by atoms with E-state index < -0.39 is 5.41 Å². The molecule has 0 aliphatic heterocycles. The summed E-state index contributed by atoms with van der Waals surface area (Å²) in [6.07, 6.45) is 7.93. The van der Waals surface area contributed by atoms with Gasteiger partial charge in [-0.2, -0.15) is 0 Å². The van der Waals surface area contributed by atoms with E-state index in [2.05, 4.69) is 109 Å². The van der Waals surface area contributed by atoms with Crippen LogP contribution in [-0.2, 0) is 14.9 Å². The summed E-state index contributed by atoms with van der Waals surface area (Å²) in [6.45, 7) is 4.01. The minimum absolute atomic E-state index is 0.259. The van der Waals surface area contributed by atoms with Crippen LogP contribution in [0.15, 0.2) is 121 Å². The van der Waals surface area contributed by atoms with Gasteiger partial charge in [-0.25, -0.2) is 0 Å². The second kappa shape index (κ2) is 19.2. The van der Waals surface area contributed by atoms with Crippen molar-refractivity contribution in [2.75, 3.05) is 52.9 Å². The molecule has 0 aromatic heterocycles. The summed E-state index contributed by atoms with van der Waals surface area (Å²) in [6, 6.07) is 44.0. The third-order valence-corrected chi connectivity index (χ3v) is 10.9. The molecule has 0 bridgehead atoms. The van der Waals surface area contributed by atoms with Crippen LogP contribution in [0.1, 0.15) is 73.6 Å². The molecule has 1 aliphatic rings. The van der Waals surface area contributed by atoms with E-state index in [1.165, 1.54) is 33.4 Å². The van der Waals surface area contributed by atoms with E-state index in [0.717, 1.165) is 84.4 Å². The zero-order valence-electron chi connectivity index (χ0n) is 31.9. The maximum atomic E-state index is 8.98. The van der Waals surface area contributed by atoms with Gasteiger partial charge in [0.1, 0.15) is 24.7 Å². The first kappa shape index (κ1) is 38.6. The monoisotopic (exact) mass is 738 g/mol. The highest BCUT2D eigenvalue weighted by atomic mass is 16.5. The average molecular weight is 739 g/mol. The van der Waals surface area contributed by atoms with Crippen LogP contribution in [0.25, 0.3) is 32.7 Å². The van der Waals surface area contributed by atoms with Crippen LogP contribution in [0, 0.1) is 0 Å². The Bertz CT molecular complexity index is 1990. The van der Waals surface area contributed by atoms with Gasteiger partial charge in [-0.05, 0) is 94.1 Å². The van der Waals surface area contributed by atoms with Crippen molar-refractivity contribution in [3.63, 3.8) is 0 Å². The van der Waals surface area contributed by atoms with Gasteiger partial charge in [0, 0.05) is 37.2 Å². The molecule has 6 aromatic rings. The number of unbranched alkanes of at least 4 members (excludes halogenated alkanes) is 6. The van der Waals surface area contributed by atoms with Crippen molar-refractivity contribution in [1.82, 2.24) is 0 Å². The normalized spacial score (nSPS) is 12.9. The molecule has 7 rings (SSSR count). The van der Waals surface area contributed by atoms with Crippen LogP contribution in [0.2, 0.25) is 0 Å². The summed E-state index contributed by atoms with van der Waals surface area (Å²) >= 11 is 0. The van der Waals surface area contributed by atoms with Crippen LogP contribution in [-0.4, -0.2) is 63.1 Å². The lowest BCUT2D eigenvalue weighted by Gasteiger charge is -2.34. The van der Waals surface area contributed by atoms with Gasteiger partial charge in [0.15, 0.2) is 0 Å². The van der Waals surface area contributed by atoms with Crippen molar-refractivity contribution in [3.05, 3.63) is 144 Å². The van der Waals surface area contributed by atoms with Gasteiger partial charge in [0.2, 0.25) is 0 Å². The quantitative estimate of drug-likeness (QED) is 0.0675. The van der Waals surface area contributed by atoms with Crippen molar-refractivity contribution >= 4 is 21.5 Å². The SMILES string of the molecule is OCCCCCCOCCOc1cccc2cc(C3(c4ccc5c(OCCOCCCCCCO)cccc5c4)c4ccccc4-c4ccccc43)ccc12. The summed E-state index contributed by atoms with van der Waals surface area (Å²) < 4.78 is 24.3. The maximum Gasteiger partial charge on any atom is 0.127 e. The first-order chi connectivity index (χ1) is 27.3. The van der Waals surface area contributed by atoms with Gasteiger partial charge in [0.05, 0.1) is 18.6 Å². The molecule has 6 nitrogen and oxygen atoms in total. The number of aliphatic hydroxyl groups is 2. The first-order valence-corrected chi connectivity index (χ1v) is 20.1. The second-order valence-corrected chi connectivity index (χ2v) is 14.4. The molecule has 6 heteroatoms. The van der Waals surface area contributed by atoms with E-state index in [4.69, 9.17) is 29.2 Å². The summed E-state index contributed by atoms with van der Waals surface area (Å²) in [5, 5.41) is 22.4. The lowest BCUT2D eigenvalue weighted by atomic mass is 9.67. The van der Waals surface area contributed by atoms with E-state index >= 15 is 0 Å². The Hall–Kier alpha value is -4.72. The summed E-state index contributed by atoms with van der Waals surface area (Å²) in [5.74, 6) is 1.72. The number of fused-ring (bicyclic) bond motifs is 5. The third kappa shape index (κ3) is 8.58. The molecule has 0 atom stereocenters. The zero-order valence-corrected chi connectivity index (χ0v) is 31.9. The minimum Gasteiger partial charge on any atom is -0.491 e. The fourth-order valence-corrected chi connectivity index (χ4v) is 8.21. The lowest BCUT2D eigenvalue weighted by Crippen LogP contribution is -2.28. The number of rotatable bonds is 22. The zero-order chi connectivity index (χ0) is 37.7. The highest BCUT2D eigenvalue weighted by molar-refractivity contribution is 5.94. The number of ether oxygens (including phenoxy) is 4. The maximum absolute atomic E-state index is 8.98.